The van der Waals surface area contributed by atoms with Gasteiger partial charge in [-0.15, -0.1) is 0 Å². The number of ketones is 2. The van der Waals surface area contributed by atoms with E-state index in [2.05, 4.69) is 0 Å². The first-order valence-corrected chi connectivity index (χ1v) is 12.8. The van der Waals surface area contributed by atoms with E-state index >= 15 is 0 Å². The maximum Gasteiger partial charge on any atom is 0.417 e. The van der Waals surface area contributed by atoms with Crippen molar-refractivity contribution in [3.63, 3.8) is 0 Å². The summed E-state index contributed by atoms with van der Waals surface area (Å²) in [7, 11) is 0. The molecule has 1 heterocycles. The summed E-state index contributed by atoms with van der Waals surface area (Å²) in [4.78, 5) is 65.7. The molecule has 9 nitrogen and oxygen atoms in total. The zero-order valence-corrected chi connectivity index (χ0v) is 22.3. The number of hydrogen-bond acceptors (Lipinski definition) is 8. The molecule has 0 aliphatic carbocycles. The fourth-order valence-electron chi connectivity index (χ4n) is 4.41. The Morgan fingerprint density at radius 2 is 1.82 bits per heavy atom. The summed E-state index contributed by atoms with van der Waals surface area (Å²) in [5.41, 5.74) is 2.16. The number of unbranched alkanes of at least 4 members (excludes halogenated alkanes) is 1. The Morgan fingerprint density at radius 1 is 1.10 bits per heavy atom. The second kappa shape index (κ2) is 13.6. The van der Waals surface area contributed by atoms with Gasteiger partial charge in [-0.3, -0.25) is 19.2 Å². The van der Waals surface area contributed by atoms with E-state index in [4.69, 9.17) is 14.6 Å². The monoisotopic (exact) mass is 535 g/mol. The first-order chi connectivity index (χ1) is 18.6. The Hall–Kier alpha value is -4.11. The SMILES string of the molecule is CC(=O)O[C@H](C(=O)C=C(C(=O)CCCCO)c1cccc(C)c1)[C@H](C)C(=O)N1C(=O)OC[C@@H]1c1ccccc1. The molecule has 0 spiro atoms. The molecule has 206 valence electrons. The van der Waals surface area contributed by atoms with Crippen LogP contribution in [-0.2, 0) is 28.7 Å². The third-order valence-electron chi connectivity index (χ3n) is 6.44. The van der Waals surface area contributed by atoms with Crippen molar-refractivity contribution in [1.82, 2.24) is 4.90 Å². The lowest BCUT2D eigenvalue weighted by molar-refractivity contribution is -0.158. The second-order valence-electron chi connectivity index (χ2n) is 9.46. The molecular weight excluding hydrogens is 502 g/mol. The van der Waals surface area contributed by atoms with E-state index in [-0.39, 0.29) is 31.0 Å². The first kappa shape index (κ1) is 29.4. The molecule has 0 aromatic heterocycles. The van der Waals surface area contributed by atoms with Gasteiger partial charge in [-0.1, -0.05) is 60.2 Å². The summed E-state index contributed by atoms with van der Waals surface area (Å²) < 4.78 is 10.4. The molecule has 0 saturated carbocycles. The number of imide groups is 1. The summed E-state index contributed by atoms with van der Waals surface area (Å²) in [6.07, 6.45) is -0.387. The number of aryl methyl sites for hydroxylation is 1. The van der Waals surface area contributed by atoms with Crippen LogP contribution in [0.2, 0.25) is 0 Å². The first-order valence-electron chi connectivity index (χ1n) is 12.8. The number of benzene rings is 2. The smallest absolute Gasteiger partial charge is 0.417 e. The zero-order valence-electron chi connectivity index (χ0n) is 22.3. The van der Waals surface area contributed by atoms with Crippen LogP contribution in [0.15, 0.2) is 60.7 Å². The maximum absolute atomic E-state index is 13.5. The number of nitrogens with zero attached hydrogens (tertiary/aromatic N) is 1. The number of aliphatic hydroxyl groups is 1. The van der Waals surface area contributed by atoms with Crippen LogP contribution in [0.3, 0.4) is 0 Å². The number of carbonyl (C=O) groups excluding carboxylic acids is 5. The zero-order chi connectivity index (χ0) is 28.5. The minimum atomic E-state index is -1.58. The van der Waals surface area contributed by atoms with E-state index in [9.17, 15) is 24.0 Å². The van der Waals surface area contributed by atoms with Crippen LogP contribution in [-0.4, -0.2) is 58.9 Å². The molecule has 2 aromatic rings. The number of aliphatic hydroxyl groups excluding tert-OH is 1. The number of allylic oxidation sites excluding steroid dienone is 1. The maximum atomic E-state index is 13.5. The van der Waals surface area contributed by atoms with Gasteiger partial charge in [0.25, 0.3) is 0 Å². The van der Waals surface area contributed by atoms with Gasteiger partial charge in [0.05, 0.1) is 5.92 Å². The summed E-state index contributed by atoms with van der Waals surface area (Å²) in [6, 6.07) is 15.2. The lowest BCUT2D eigenvalue weighted by atomic mass is 9.92. The van der Waals surface area contributed by atoms with Crippen LogP contribution < -0.4 is 0 Å². The van der Waals surface area contributed by atoms with Gasteiger partial charge in [0.15, 0.2) is 17.7 Å². The summed E-state index contributed by atoms with van der Waals surface area (Å²) in [5.74, 6) is -3.88. The molecule has 39 heavy (non-hydrogen) atoms. The van der Waals surface area contributed by atoms with Gasteiger partial charge in [0.2, 0.25) is 5.91 Å². The molecular formula is C30H33NO8. The van der Waals surface area contributed by atoms with E-state index in [1.165, 1.54) is 6.92 Å². The molecule has 0 unspecified atom stereocenters. The highest BCUT2D eigenvalue weighted by atomic mass is 16.6. The summed E-state index contributed by atoms with van der Waals surface area (Å²) >= 11 is 0. The highest BCUT2D eigenvalue weighted by molar-refractivity contribution is 6.25. The van der Waals surface area contributed by atoms with Crippen LogP contribution in [0.5, 0.6) is 0 Å². The fraction of sp³-hybridized carbons (Fsp3) is 0.367. The molecule has 2 amide bonds. The van der Waals surface area contributed by atoms with Crippen LogP contribution in [0.25, 0.3) is 5.57 Å². The Morgan fingerprint density at radius 3 is 2.46 bits per heavy atom. The van der Waals surface area contributed by atoms with Crippen LogP contribution in [0.1, 0.15) is 55.8 Å². The van der Waals surface area contributed by atoms with Crippen molar-refractivity contribution in [2.45, 2.75) is 52.2 Å². The Bertz CT molecular complexity index is 1250. The number of esters is 1. The normalized spacial score (nSPS) is 16.8. The number of ether oxygens (including phenoxy) is 2. The van der Waals surface area contributed by atoms with Crippen molar-refractivity contribution in [1.29, 1.82) is 0 Å². The summed E-state index contributed by atoms with van der Waals surface area (Å²) in [5, 5.41) is 9.09. The highest BCUT2D eigenvalue weighted by Crippen LogP contribution is 2.31. The van der Waals surface area contributed by atoms with E-state index < -0.39 is 41.8 Å². The molecule has 1 saturated heterocycles. The standard InChI is InChI=1S/C30H33NO8/c1-19-10-9-13-23(16-19)24(26(34)14-7-8-15-32)17-27(35)28(39-21(3)33)20(2)29(36)31-25(18-38-30(31)37)22-11-5-4-6-12-22/h4-6,9-13,16-17,20,25,28,32H,7-8,14-15,18H2,1-3H3/t20-,25+,28-/m0/s1. The molecule has 1 N–H and O–H groups in total. The molecule has 3 rings (SSSR count). The van der Waals surface area contributed by atoms with Crippen molar-refractivity contribution in [2.24, 2.45) is 5.92 Å². The van der Waals surface area contributed by atoms with Crippen molar-refractivity contribution in [2.75, 3.05) is 13.2 Å². The van der Waals surface area contributed by atoms with Gasteiger partial charge in [0.1, 0.15) is 12.6 Å². The number of hydrogen-bond donors (Lipinski definition) is 1. The molecule has 2 aromatic carbocycles. The second-order valence-corrected chi connectivity index (χ2v) is 9.46. The van der Waals surface area contributed by atoms with E-state index in [0.29, 0.717) is 24.0 Å². The van der Waals surface area contributed by atoms with Gasteiger partial charge in [-0.2, -0.15) is 0 Å². The topological polar surface area (TPSA) is 127 Å². The van der Waals surface area contributed by atoms with Gasteiger partial charge in [0, 0.05) is 25.5 Å². The van der Waals surface area contributed by atoms with Crippen LogP contribution in [0.4, 0.5) is 4.79 Å². The number of Topliss-reactive ketones (excluding diaryl/α,β-unsaturated/α-hetero) is 1. The van der Waals surface area contributed by atoms with Gasteiger partial charge in [-0.05, 0) is 43.9 Å². The molecule has 0 bridgehead atoms. The van der Waals surface area contributed by atoms with E-state index in [1.807, 2.05) is 13.0 Å². The molecule has 3 atom stereocenters. The predicted octanol–water partition coefficient (Wildman–Crippen LogP) is 3.97. The number of cyclic esters (lactones) is 1. The highest BCUT2D eigenvalue weighted by Gasteiger charge is 2.44. The summed E-state index contributed by atoms with van der Waals surface area (Å²) in [6.45, 7) is 4.24. The van der Waals surface area contributed by atoms with Gasteiger partial charge < -0.3 is 14.6 Å². The molecule has 9 heteroatoms. The lowest BCUT2D eigenvalue weighted by Gasteiger charge is -2.27. The lowest BCUT2D eigenvalue weighted by Crippen LogP contribution is -2.45. The largest absolute Gasteiger partial charge is 0.453 e. The van der Waals surface area contributed by atoms with Crippen molar-refractivity contribution in [3.05, 3.63) is 77.4 Å². The van der Waals surface area contributed by atoms with Crippen LogP contribution >= 0.6 is 0 Å². The predicted molar refractivity (Wildman–Crippen MR) is 142 cm³/mol. The number of carbonyl (C=O) groups is 5. The number of amides is 2. The van der Waals surface area contributed by atoms with Gasteiger partial charge in [-0.25, -0.2) is 9.69 Å². The fourth-order valence-corrected chi connectivity index (χ4v) is 4.41. The molecule has 1 aliphatic rings. The quantitative estimate of drug-likeness (QED) is 0.246. The van der Waals surface area contributed by atoms with Crippen molar-refractivity contribution < 1.29 is 38.6 Å². The van der Waals surface area contributed by atoms with Crippen molar-refractivity contribution >= 4 is 35.1 Å². The van der Waals surface area contributed by atoms with Gasteiger partial charge >= 0.3 is 12.1 Å². The Labute approximate surface area is 227 Å². The Kier molecular flexibility index (Phi) is 10.3. The third-order valence-corrected chi connectivity index (χ3v) is 6.44. The minimum absolute atomic E-state index is 0.0484. The molecule has 0 radical (unpaired) electrons. The van der Waals surface area contributed by atoms with Crippen molar-refractivity contribution in [3.8, 4) is 0 Å². The minimum Gasteiger partial charge on any atom is -0.453 e. The average molecular weight is 536 g/mol. The molecule has 1 aliphatic heterocycles. The number of rotatable bonds is 12. The Balaban J connectivity index is 1.95. The van der Waals surface area contributed by atoms with Crippen LogP contribution in [0, 0.1) is 12.8 Å². The third kappa shape index (κ3) is 7.48. The van der Waals surface area contributed by atoms with E-state index in [0.717, 1.165) is 23.5 Å². The average Bonchev–Trinajstić information content (AvgIpc) is 3.31. The van der Waals surface area contributed by atoms with E-state index in [1.54, 1.807) is 48.5 Å². The molecule has 1 fully saturated rings.